The molecule has 7 heteroatoms. The lowest BCUT2D eigenvalue weighted by Crippen LogP contribution is -2.05. The van der Waals surface area contributed by atoms with Crippen LogP contribution in [0.25, 0.3) is 6.08 Å². The highest BCUT2D eigenvalue weighted by molar-refractivity contribution is 7.11. The molecule has 0 atom stereocenters. The number of hydrogen-bond acceptors (Lipinski definition) is 6. The van der Waals surface area contributed by atoms with Crippen LogP contribution in [0.5, 0.6) is 0 Å². The highest BCUT2D eigenvalue weighted by Crippen LogP contribution is 2.24. The molecular weight excluding hydrogens is 304 g/mol. The van der Waals surface area contributed by atoms with Gasteiger partial charge in [-0.3, -0.25) is 10.1 Å². The Kier molecular flexibility index (Phi) is 3.56. The summed E-state index contributed by atoms with van der Waals surface area (Å²) in [5.41, 5.74) is 1.55. The van der Waals surface area contributed by atoms with E-state index in [1.54, 1.807) is 12.1 Å². The quantitative estimate of drug-likeness (QED) is 0.377. The minimum atomic E-state index is -0.561. The van der Waals surface area contributed by atoms with Crippen molar-refractivity contribution in [1.82, 2.24) is 0 Å². The van der Waals surface area contributed by atoms with Crippen LogP contribution in [0.4, 0.5) is 5.69 Å². The first-order valence-corrected chi connectivity index (χ1v) is 7.24. The number of ether oxygens (including phenoxy) is 1. The Hall–Kier alpha value is -2.80. The number of carbonyl (C=O) groups excluding carboxylic acids is 1. The average Bonchev–Trinajstić information content (AvgIpc) is 3.07. The molecule has 1 aromatic carbocycles. The lowest BCUT2D eigenvalue weighted by molar-refractivity contribution is -0.384. The van der Waals surface area contributed by atoms with E-state index in [-0.39, 0.29) is 17.3 Å². The Morgan fingerprint density at radius 1 is 1.36 bits per heavy atom. The van der Waals surface area contributed by atoms with Crippen molar-refractivity contribution in [2.75, 3.05) is 0 Å². The molecule has 22 heavy (non-hydrogen) atoms. The molecule has 1 aliphatic heterocycles. The highest BCUT2D eigenvalue weighted by atomic mass is 32.1. The fraction of sp³-hybridized carbons (Fsp3) is 0.0667. The summed E-state index contributed by atoms with van der Waals surface area (Å²) in [6, 6.07) is 7.77. The first-order valence-electron chi connectivity index (χ1n) is 6.36. The van der Waals surface area contributed by atoms with E-state index >= 15 is 0 Å². The normalized spacial score (nSPS) is 15.8. The summed E-state index contributed by atoms with van der Waals surface area (Å²) < 4.78 is 5.11. The number of nitrogens with zero attached hydrogens (tertiary/aromatic N) is 2. The first kappa shape index (κ1) is 14.2. The highest BCUT2D eigenvalue weighted by Gasteiger charge is 2.25. The predicted octanol–water partition coefficient (Wildman–Crippen LogP) is 3.31. The fourth-order valence-electron chi connectivity index (χ4n) is 1.94. The summed E-state index contributed by atoms with van der Waals surface area (Å²) in [6.45, 7) is 1.94. The lowest BCUT2D eigenvalue weighted by atomic mass is 10.2. The van der Waals surface area contributed by atoms with Gasteiger partial charge in [0.25, 0.3) is 5.69 Å². The Labute approximate surface area is 129 Å². The topological polar surface area (TPSA) is 81.8 Å². The molecule has 0 fully saturated rings. The zero-order valence-electron chi connectivity index (χ0n) is 11.5. The molecule has 0 aliphatic carbocycles. The number of nitro benzene ring substituents is 1. The fourth-order valence-corrected chi connectivity index (χ4v) is 2.79. The molecular formula is C15H10N2O4S. The molecule has 0 radical (unpaired) electrons. The molecule has 0 bridgehead atoms. The van der Waals surface area contributed by atoms with Gasteiger partial charge in [-0.25, -0.2) is 9.79 Å². The van der Waals surface area contributed by atoms with Gasteiger partial charge in [-0.2, -0.15) is 0 Å². The Balaban J connectivity index is 1.97. The molecule has 0 N–H and O–H groups in total. The van der Waals surface area contributed by atoms with Crippen LogP contribution in [0.15, 0.2) is 46.4 Å². The van der Waals surface area contributed by atoms with Crippen LogP contribution in [0, 0.1) is 17.0 Å². The number of hydrogen-bond donors (Lipinski definition) is 0. The number of aryl methyl sites for hydroxylation is 1. The zero-order chi connectivity index (χ0) is 15.7. The van der Waals surface area contributed by atoms with Crippen LogP contribution in [0.3, 0.4) is 0 Å². The Morgan fingerprint density at radius 2 is 2.18 bits per heavy atom. The van der Waals surface area contributed by atoms with Gasteiger partial charge in [0.05, 0.1) is 4.92 Å². The van der Waals surface area contributed by atoms with Gasteiger partial charge >= 0.3 is 5.97 Å². The molecule has 0 unspecified atom stereocenters. The van der Waals surface area contributed by atoms with Gasteiger partial charge in [-0.05, 0) is 36.1 Å². The smallest absolute Gasteiger partial charge is 0.363 e. The van der Waals surface area contributed by atoms with Crippen molar-refractivity contribution in [2.24, 2.45) is 4.99 Å². The number of rotatable bonds is 3. The SMILES string of the molecule is Cc1ccsc1/C=C1\N=C(c2cccc([N+](=O)[O-])c2)OC1=O. The van der Waals surface area contributed by atoms with E-state index in [1.807, 2.05) is 18.4 Å². The molecule has 2 heterocycles. The van der Waals surface area contributed by atoms with Crippen LogP contribution in [-0.4, -0.2) is 16.8 Å². The maximum absolute atomic E-state index is 11.9. The summed E-state index contributed by atoms with van der Waals surface area (Å²) in [5.74, 6) is -0.483. The van der Waals surface area contributed by atoms with Crippen molar-refractivity contribution in [3.05, 3.63) is 67.5 Å². The van der Waals surface area contributed by atoms with E-state index in [0.717, 1.165) is 10.4 Å². The van der Waals surface area contributed by atoms with Gasteiger partial charge in [0.2, 0.25) is 5.90 Å². The van der Waals surface area contributed by atoms with Gasteiger partial charge < -0.3 is 4.74 Å². The summed E-state index contributed by atoms with van der Waals surface area (Å²) in [7, 11) is 0. The van der Waals surface area contributed by atoms with E-state index < -0.39 is 10.9 Å². The second-order valence-corrected chi connectivity index (χ2v) is 5.56. The summed E-state index contributed by atoms with van der Waals surface area (Å²) in [6.07, 6.45) is 1.66. The van der Waals surface area contributed by atoms with Gasteiger partial charge in [0.15, 0.2) is 5.70 Å². The number of cyclic esters (lactones) is 1. The average molecular weight is 314 g/mol. The molecule has 0 spiro atoms. The number of non-ortho nitro benzene ring substituents is 1. The summed E-state index contributed by atoms with van der Waals surface area (Å²) in [5, 5.41) is 12.7. The van der Waals surface area contributed by atoms with Crippen molar-refractivity contribution < 1.29 is 14.5 Å². The van der Waals surface area contributed by atoms with Crippen LogP contribution in [0.1, 0.15) is 16.0 Å². The third kappa shape index (κ3) is 2.66. The van der Waals surface area contributed by atoms with Crippen molar-refractivity contribution in [3.8, 4) is 0 Å². The number of esters is 1. The van der Waals surface area contributed by atoms with E-state index in [2.05, 4.69) is 4.99 Å². The second kappa shape index (κ2) is 5.53. The van der Waals surface area contributed by atoms with E-state index in [1.165, 1.54) is 29.5 Å². The molecule has 6 nitrogen and oxygen atoms in total. The number of benzene rings is 1. The number of thiophene rings is 1. The van der Waals surface area contributed by atoms with Crippen LogP contribution in [-0.2, 0) is 9.53 Å². The van der Waals surface area contributed by atoms with Crippen LogP contribution in [0.2, 0.25) is 0 Å². The summed E-state index contributed by atoms with van der Waals surface area (Å²) in [4.78, 5) is 27.2. The maximum Gasteiger partial charge on any atom is 0.363 e. The van der Waals surface area contributed by atoms with Crippen molar-refractivity contribution in [2.45, 2.75) is 6.92 Å². The number of carbonyl (C=O) groups is 1. The van der Waals surface area contributed by atoms with Gasteiger partial charge in [0.1, 0.15) is 0 Å². The maximum atomic E-state index is 11.9. The van der Waals surface area contributed by atoms with E-state index in [4.69, 9.17) is 4.74 Å². The zero-order valence-corrected chi connectivity index (χ0v) is 12.3. The van der Waals surface area contributed by atoms with Gasteiger partial charge in [0, 0.05) is 22.6 Å². The molecule has 0 saturated heterocycles. The molecule has 1 aromatic heterocycles. The van der Waals surface area contributed by atoms with Crippen molar-refractivity contribution in [3.63, 3.8) is 0 Å². The van der Waals surface area contributed by atoms with Crippen molar-refractivity contribution in [1.29, 1.82) is 0 Å². The van der Waals surface area contributed by atoms with E-state index in [9.17, 15) is 14.9 Å². The molecule has 110 valence electrons. The van der Waals surface area contributed by atoms with Crippen LogP contribution < -0.4 is 0 Å². The van der Waals surface area contributed by atoms with Crippen LogP contribution >= 0.6 is 11.3 Å². The summed E-state index contributed by atoms with van der Waals surface area (Å²) >= 11 is 1.50. The molecule has 2 aromatic rings. The monoisotopic (exact) mass is 314 g/mol. The molecule has 0 amide bonds. The lowest BCUT2D eigenvalue weighted by Gasteiger charge is -1.98. The third-order valence-corrected chi connectivity index (χ3v) is 4.06. The van der Waals surface area contributed by atoms with Gasteiger partial charge in [-0.15, -0.1) is 11.3 Å². The van der Waals surface area contributed by atoms with E-state index in [0.29, 0.717) is 5.56 Å². The molecule has 3 rings (SSSR count). The Morgan fingerprint density at radius 3 is 2.86 bits per heavy atom. The number of aliphatic imine (C=N–C) groups is 1. The molecule has 1 aliphatic rings. The minimum Gasteiger partial charge on any atom is -0.402 e. The number of nitro groups is 1. The van der Waals surface area contributed by atoms with Gasteiger partial charge in [-0.1, -0.05) is 6.07 Å². The largest absolute Gasteiger partial charge is 0.402 e. The first-order chi connectivity index (χ1) is 10.5. The minimum absolute atomic E-state index is 0.0779. The van der Waals surface area contributed by atoms with Crippen molar-refractivity contribution >= 4 is 35.0 Å². The standard InChI is InChI=1S/C15H10N2O4S/c1-9-5-6-22-13(9)8-12-15(18)21-14(16-12)10-3-2-4-11(7-10)17(19)20/h2-8H,1H3/b12-8-. The second-order valence-electron chi connectivity index (χ2n) is 4.61. The third-order valence-electron chi connectivity index (χ3n) is 3.09. The Bertz CT molecular complexity index is 836. The predicted molar refractivity (Wildman–Crippen MR) is 82.8 cm³/mol. The molecule has 0 saturated carbocycles.